The second kappa shape index (κ2) is 17.4. The van der Waals surface area contributed by atoms with Crippen LogP contribution in [-0.4, -0.2) is 19.1 Å². The van der Waals surface area contributed by atoms with E-state index < -0.39 is 0 Å². The Labute approximate surface area is 406 Å². The minimum absolute atomic E-state index is 0.827. The first-order valence-corrected chi connectivity index (χ1v) is 24.0. The summed E-state index contributed by atoms with van der Waals surface area (Å²) in [6.07, 6.45) is 12.6. The van der Waals surface area contributed by atoms with Gasteiger partial charge in [-0.3, -0.25) is 9.97 Å². The molecule has 1 aliphatic carbocycles. The molecule has 0 spiro atoms. The van der Waals surface area contributed by atoms with Crippen molar-refractivity contribution in [3.63, 3.8) is 0 Å². The molecule has 0 radical (unpaired) electrons. The lowest BCUT2D eigenvalue weighted by Gasteiger charge is -2.26. The van der Waals surface area contributed by atoms with Crippen LogP contribution in [0.25, 0.3) is 77.5 Å². The smallest absolute Gasteiger partial charge is 0.0965 e. The highest BCUT2D eigenvalue weighted by Gasteiger charge is 2.21. The van der Waals surface area contributed by atoms with Gasteiger partial charge in [0, 0.05) is 90.6 Å². The third kappa shape index (κ3) is 7.13. The second-order valence-corrected chi connectivity index (χ2v) is 17.7. The van der Waals surface area contributed by atoms with Crippen molar-refractivity contribution in [2.24, 2.45) is 0 Å². The van der Waals surface area contributed by atoms with Crippen LogP contribution < -0.4 is 9.80 Å². The van der Waals surface area contributed by atoms with Gasteiger partial charge in [-0.05, 0) is 128 Å². The molecular formula is C64H46N6. The van der Waals surface area contributed by atoms with E-state index in [1.165, 1.54) is 49.3 Å². The Balaban J connectivity index is 0.852. The standard InChI is InChI=1S/C64H46N6/c1-5-17-47(18-6-1)67(53-37-39-61-57(43-53)55-25-13-15-27-59(55)69(61)49-21-9-3-10-22-49)51-33-29-45(30-34-51)63-64(66-42-41-65-63)46-31-35-52(36-32-46)68(48-19-7-2-8-20-48)54-38-40-62-58(44-54)56-26-14-16-28-60(56)70(62)50-23-11-4-12-24-50/h1-3,5-11,13-44H,4,12H2. The van der Waals surface area contributed by atoms with Gasteiger partial charge in [-0.2, -0.15) is 0 Å². The van der Waals surface area contributed by atoms with Crippen LogP contribution in [-0.2, 0) is 0 Å². The van der Waals surface area contributed by atoms with Crippen LogP contribution >= 0.6 is 0 Å². The molecule has 3 aromatic heterocycles. The number of fused-ring (bicyclic) bond motifs is 6. The third-order valence-electron chi connectivity index (χ3n) is 13.6. The van der Waals surface area contributed by atoms with Crippen molar-refractivity contribution < 1.29 is 0 Å². The predicted octanol–water partition coefficient (Wildman–Crippen LogP) is 17.1. The summed E-state index contributed by atoms with van der Waals surface area (Å²) in [5, 5.41) is 4.88. The quantitative estimate of drug-likeness (QED) is 0.137. The number of benzene rings is 9. The molecule has 0 aliphatic heterocycles. The maximum Gasteiger partial charge on any atom is 0.0965 e. The molecule has 3 heterocycles. The van der Waals surface area contributed by atoms with Crippen molar-refractivity contribution in [1.82, 2.24) is 19.1 Å². The van der Waals surface area contributed by atoms with Gasteiger partial charge in [-0.25, -0.2) is 0 Å². The number of para-hydroxylation sites is 5. The molecule has 332 valence electrons. The van der Waals surface area contributed by atoms with E-state index in [4.69, 9.17) is 9.97 Å². The summed E-state index contributed by atoms with van der Waals surface area (Å²) in [5.74, 6) is 0. The molecule has 12 aromatic rings. The molecule has 6 nitrogen and oxygen atoms in total. The van der Waals surface area contributed by atoms with Gasteiger partial charge in [0.15, 0.2) is 0 Å². The highest BCUT2D eigenvalue weighted by molar-refractivity contribution is 6.12. The van der Waals surface area contributed by atoms with E-state index in [9.17, 15) is 0 Å². The summed E-state index contributed by atoms with van der Waals surface area (Å²) in [7, 11) is 0. The maximum absolute atomic E-state index is 4.95. The zero-order valence-electron chi connectivity index (χ0n) is 38.3. The molecule has 0 amide bonds. The monoisotopic (exact) mass is 898 g/mol. The lowest BCUT2D eigenvalue weighted by molar-refractivity contribution is 1.02. The average molecular weight is 899 g/mol. The number of aromatic nitrogens is 4. The van der Waals surface area contributed by atoms with Gasteiger partial charge in [-0.15, -0.1) is 0 Å². The van der Waals surface area contributed by atoms with E-state index in [1.807, 2.05) is 0 Å². The van der Waals surface area contributed by atoms with Crippen LogP contribution in [0.4, 0.5) is 34.1 Å². The van der Waals surface area contributed by atoms with Crippen LogP contribution in [0, 0.1) is 0 Å². The lowest BCUT2D eigenvalue weighted by atomic mass is 10.0. The number of anilines is 6. The van der Waals surface area contributed by atoms with E-state index in [2.05, 4.69) is 262 Å². The molecule has 1 aliphatic rings. The highest BCUT2D eigenvalue weighted by Crippen LogP contribution is 2.43. The molecule has 0 saturated carbocycles. The molecular weight excluding hydrogens is 853 g/mol. The van der Waals surface area contributed by atoms with E-state index >= 15 is 0 Å². The third-order valence-corrected chi connectivity index (χ3v) is 13.6. The highest BCUT2D eigenvalue weighted by atomic mass is 15.1. The van der Waals surface area contributed by atoms with E-state index in [0.717, 1.165) is 75.2 Å². The summed E-state index contributed by atoms with van der Waals surface area (Å²) in [5.41, 5.74) is 17.2. The minimum atomic E-state index is 0.827. The molecule has 0 saturated heterocycles. The van der Waals surface area contributed by atoms with Gasteiger partial charge in [0.25, 0.3) is 0 Å². The Hall–Kier alpha value is -9.26. The first-order valence-electron chi connectivity index (χ1n) is 24.0. The van der Waals surface area contributed by atoms with Gasteiger partial charge in [0.2, 0.25) is 0 Å². The molecule has 6 heteroatoms. The maximum atomic E-state index is 4.95. The Morgan fingerprint density at radius 3 is 1.26 bits per heavy atom. The van der Waals surface area contributed by atoms with E-state index in [1.54, 1.807) is 12.4 Å². The molecule has 0 N–H and O–H groups in total. The summed E-state index contributed by atoms with van der Waals surface area (Å²) >= 11 is 0. The van der Waals surface area contributed by atoms with Crippen molar-refractivity contribution in [3.05, 3.63) is 255 Å². The predicted molar refractivity (Wildman–Crippen MR) is 292 cm³/mol. The van der Waals surface area contributed by atoms with Crippen LogP contribution in [0.2, 0.25) is 0 Å². The van der Waals surface area contributed by atoms with Crippen LogP contribution in [0.1, 0.15) is 12.8 Å². The first kappa shape index (κ1) is 41.0. The van der Waals surface area contributed by atoms with Gasteiger partial charge in [0.1, 0.15) is 0 Å². The normalized spacial score (nSPS) is 12.5. The largest absolute Gasteiger partial charge is 0.310 e. The van der Waals surface area contributed by atoms with Gasteiger partial charge in [-0.1, -0.05) is 127 Å². The number of hydrogen-bond acceptors (Lipinski definition) is 4. The summed E-state index contributed by atoms with van der Waals surface area (Å²) in [6.45, 7) is 0. The number of allylic oxidation sites excluding steroid dienone is 4. The topological polar surface area (TPSA) is 42.1 Å². The van der Waals surface area contributed by atoms with Crippen molar-refractivity contribution >= 4 is 83.4 Å². The van der Waals surface area contributed by atoms with Crippen molar-refractivity contribution in [2.45, 2.75) is 12.8 Å². The molecule has 0 bridgehead atoms. The van der Waals surface area contributed by atoms with Crippen molar-refractivity contribution in [1.29, 1.82) is 0 Å². The van der Waals surface area contributed by atoms with E-state index in [0.29, 0.717) is 0 Å². The average Bonchev–Trinajstić information content (AvgIpc) is 3.95. The van der Waals surface area contributed by atoms with Gasteiger partial charge < -0.3 is 18.9 Å². The van der Waals surface area contributed by atoms with Crippen LogP contribution in [0.5, 0.6) is 0 Å². The fourth-order valence-corrected chi connectivity index (χ4v) is 10.4. The second-order valence-electron chi connectivity index (χ2n) is 17.7. The molecule has 0 fully saturated rings. The number of hydrogen-bond donors (Lipinski definition) is 0. The Kier molecular flexibility index (Phi) is 10.2. The summed E-state index contributed by atoms with van der Waals surface area (Å²) < 4.78 is 4.76. The number of nitrogens with zero attached hydrogens (tertiary/aromatic N) is 6. The Bertz CT molecular complexity index is 3930. The van der Waals surface area contributed by atoms with Gasteiger partial charge >= 0.3 is 0 Å². The van der Waals surface area contributed by atoms with Gasteiger partial charge in [0.05, 0.1) is 33.5 Å². The molecule has 0 atom stereocenters. The Morgan fingerprint density at radius 2 is 0.757 bits per heavy atom. The number of rotatable bonds is 10. The minimum Gasteiger partial charge on any atom is -0.310 e. The summed E-state index contributed by atoms with van der Waals surface area (Å²) in [4.78, 5) is 14.6. The molecule has 0 unspecified atom stereocenters. The van der Waals surface area contributed by atoms with Crippen molar-refractivity contribution in [3.8, 4) is 28.2 Å². The fourth-order valence-electron chi connectivity index (χ4n) is 10.4. The Morgan fingerprint density at radius 1 is 0.343 bits per heavy atom. The molecule has 13 rings (SSSR count). The summed E-state index contributed by atoms with van der Waals surface area (Å²) in [6, 6.07) is 80.4. The molecule has 70 heavy (non-hydrogen) atoms. The fraction of sp³-hybridized carbons (Fsp3) is 0.0312. The van der Waals surface area contributed by atoms with Crippen molar-refractivity contribution in [2.75, 3.05) is 9.80 Å². The van der Waals surface area contributed by atoms with Crippen LogP contribution in [0.3, 0.4) is 0 Å². The molecule has 9 aromatic carbocycles. The zero-order valence-corrected chi connectivity index (χ0v) is 38.3. The lowest BCUT2D eigenvalue weighted by Crippen LogP contribution is -2.10. The SMILES string of the molecule is C1=CC(n2c3ccccc3c3cc(N(c4ccccc4)c4ccc(-c5nccnc5-c5ccc(N(c6ccccc6)c6ccc7c(c6)c6ccccc6n7-c6ccccc6)cc5)cc4)ccc32)=CCC1. The van der Waals surface area contributed by atoms with Crippen LogP contribution in [0.15, 0.2) is 255 Å². The first-order chi connectivity index (χ1) is 34.7. The van der Waals surface area contributed by atoms with E-state index in [-0.39, 0.29) is 0 Å². The zero-order chi connectivity index (χ0) is 46.4.